The molecule has 2 rings (SSSR count). The fourth-order valence-corrected chi connectivity index (χ4v) is 2.08. The van der Waals surface area contributed by atoms with E-state index in [2.05, 4.69) is 4.74 Å². The third-order valence-corrected chi connectivity index (χ3v) is 3.38. The Morgan fingerprint density at radius 1 is 0.913 bits per heavy atom. The van der Waals surface area contributed by atoms with Gasteiger partial charge in [-0.3, -0.25) is 4.79 Å². The third kappa shape index (κ3) is 4.17. The topological polar surface area (TPSA) is 69.7 Å². The Bertz CT molecular complexity index is 737. The summed E-state index contributed by atoms with van der Waals surface area (Å²) in [7, 11) is 1.27. The largest absolute Gasteiger partial charge is 0.465 e. The number of hydrogen-bond acceptors (Lipinski definition) is 5. The van der Waals surface area contributed by atoms with Gasteiger partial charge in [-0.05, 0) is 36.4 Å². The number of Topliss-reactive ketones (excluding diaryl/α,β-unsaturated/α-hetero) is 1. The number of halogens is 1. The van der Waals surface area contributed by atoms with Crippen LogP contribution in [0.5, 0.6) is 0 Å². The number of esters is 2. The highest BCUT2D eigenvalue weighted by atomic mass is 35.5. The summed E-state index contributed by atoms with van der Waals surface area (Å²) in [6.45, 7) is -0.415. The first-order valence-electron chi connectivity index (χ1n) is 6.66. The standard InChI is InChI=1S/C17H13ClO5/c1-22-16(20)11-6-8-12(9-7-11)17(21)23-10-15(19)13-4-2-3-5-14(13)18/h2-9H,10H2,1H3. The fraction of sp³-hybridized carbons (Fsp3) is 0.118. The lowest BCUT2D eigenvalue weighted by Crippen LogP contribution is -2.14. The number of methoxy groups -OCH3 is 1. The maximum atomic E-state index is 12.0. The zero-order valence-corrected chi connectivity index (χ0v) is 13.0. The highest BCUT2D eigenvalue weighted by molar-refractivity contribution is 6.34. The van der Waals surface area contributed by atoms with Gasteiger partial charge in [0.15, 0.2) is 6.61 Å². The zero-order chi connectivity index (χ0) is 16.8. The van der Waals surface area contributed by atoms with E-state index in [0.29, 0.717) is 16.1 Å². The van der Waals surface area contributed by atoms with Crippen LogP contribution in [-0.4, -0.2) is 31.4 Å². The molecule has 0 saturated carbocycles. The van der Waals surface area contributed by atoms with E-state index in [-0.39, 0.29) is 5.56 Å². The van der Waals surface area contributed by atoms with Crippen LogP contribution in [0.3, 0.4) is 0 Å². The van der Waals surface area contributed by atoms with E-state index in [4.69, 9.17) is 16.3 Å². The minimum Gasteiger partial charge on any atom is -0.465 e. The molecule has 0 saturated heterocycles. The SMILES string of the molecule is COC(=O)c1ccc(C(=O)OCC(=O)c2ccccc2Cl)cc1. The molecule has 0 spiro atoms. The molecule has 5 nitrogen and oxygen atoms in total. The van der Waals surface area contributed by atoms with Gasteiger partial charge in [0.1, 0.15) is 0 Å². The van der Waals surface area contributed by atoms with Gasteiger partial charge in [0.05, 0.1) is 23.3 Å². The number of carbonyl (C=O) groups excluding carboxylic acids is 3. The molecule has 0 aromatic heterocycles. The Hall–Kier alpha value is -2.66. The third-order valence-electron chi connectivity index (χ3n) is 3.05. The first-order valence-corrected chi connectivity index (χ1v) is 7.04. The summed E-state index contributed by atoms with van der Waals surface area (Å²) < 4.78 is 9.53. The van der Waals surface area contributed by atoms with Gasteiger partial charge in [-0.15, -0.1) is 0 Å². The quantitative estimate of drug-likeness (QED) is 0.621. The molecule has 6 heteroatoms. The molecule has 0 aliphatic carbocycles. The first-order chi connectivity index (χ1) is 11.0. The van der Waals surface area contributed by atoms with Crippen LogP contribution in [0.15, 0.2) is 48.5 Å². The van der Waals surface area contributed by atoms with E-state index in [9.17, 15) is 14.4 Å². The highest BCUT2D eigenvalue weighted by Gasteiger charge is 2.14. The molecular formula is C17H13ClO5. The van der Waals surface area contributed by atoms with Gasteiger partial charge in [0.2, 0.25) is 5.78 Å². The van der Waals surface area contributed by atoms with Crippen LogP contribution in [0.25, 0.3) is 0 Å². The molecule has 2 aromatic carbocycles. The van der Waals surface area contributed by atoms with Crippen molar-refractivity contribution >= 4 is 29.3 Å². The lowest BCUT2D eigenvalue weighted by molar-refractivity contribution is 0.0474. The van der Waals surface area contributed by atoms with E-state index >= 15 is 0 Å². The smallest absolute Gasteiger partial charge is 0.338 e. The molecule has 0 fully saturated rings. The van der Waals surface area contributed by atoms with Crippen LogP contribution in [-0.2, 0) is 9.47 Å². The normalized spacial score (nSPS) is 10.0. The molecule has 118 valence electrons. The van der Waals surface area contributed by atoms with Crippen molar-refractivity contribution in [1.82, 2.24) is 0 Å². The molecular weight excluding hydrogens is 320 g/mol. The van der Waals surface area contributed by atoms with Crippen LogP contribution in [0.2, 0.25) is 5.02 Å². The molecule has 0 atom stereocenters. The molecule has 2 aromatic rings. The molecule has 0 heterocycles. The minimum atomic E-state index is -0.665. The fourth-order valence-electron chi connectivity index (χ4n) is 1.84. The zero-order valence-electron chi connectivity index (χ0n) is 12.2. The van der Waals surface area contributed by atoms with E-state index < -0.39 is 24.3 Å². The summed E-state index contributed by atoms with van der Waals surface area (Å²) in [6.07, 6.45) is 0. The summed E-state index contributed by atoms with van der Waals surface area (Å²) in [6, 6.07) is 12.3. The van der Waals surface area contributed by atoms with E-state index in [1.165, 1.54) is 31.4 Å². The molecule has 23 heavy (non-hydrogen) atoms. The van der Waals surface area contributed by atoms with Crippen molar-refractivity contribution < 1.29 is 23.9 Å². The van der Waals surface area contributed by atoms with Gasteiger partial charge < -0.3 is 9.47 Å². The average Bonchev–Trinajstić information content (AvgIpc) is 2.59. The molecule has 0 aliphatic rings. The Balaban J connectivity index is 1.98. The number of benzene rings is 2. The van der Waals surface area contributed by atoms with Gasteiger partial charge in [-0.1, -0.05) is 23.7 Å². The van der Waals surface area contributed by atoms with Crippen LogP contribution < -0.4 is 0 Å². The van der Waals surface area contributed by atoms with Crippen molar-refractivity contribution in [3.8, 4) is 0 Å². The lowest BCUT2D eigenvalue weighted by Gasteiger charge is -2.06. The average molecular weight is 333 g/mol. The Labute approximate surface area is 137 Å². The second-order valence-electron chi connectivity index (χ2n) is 4.55. The van der Waals surface area contributed by atoms with Gasteiger partial charge in [-0.2, -0.15) is 0 Å². The Morgan fingerprint density at radius 3 is 2.04 bits per heavy atom. The van der Waals surface area contributed by atoms with Crippen molar-refractivity contribution in [3.63, 3.8) is 0 Å². The van der Waals surface area contributed by atoms with Crippen molar-refractivity contribution in [1.29, 1.82) is 0 Å². The highest BCUT2D eigenvalue weighted by Crippen LogP contribution is 2.16. The van der Waals surface area contributed by atoms with Crippen LogP contribution in [0.1, 0.15) is 31.1 Å². The Morgan fingerprint density at radius 2 is 1.48 bits per heavy atom. The summed E-state index contributed by atoms with van der Waals surface area (Å²) >= 11 is 5.91. The van der Waals surface area contributed by atoms with Crippen LogP contribution in [0.4, 0.5) is 0 Å². The monoisotopic (exact) mass is 332 g/mol. The maximum Gasteiger partial charge on any atom is 0.338 e. The number of ketones is 1. The molecule has 0 amide bonds. The molecule has 0 radical (unpaired) electrons. The summed E-state index contributed by atoms with van der Waals surface area (Å²) in [5.41, 5.74) is 0.837. The number of ether oxygens (including phenoxy) is 2. The summed E-state index contributed by atoms with van der Waals surface area (Å²) in [5, 5.41) is 0.302. The van der Waals surface area contributed by atoms with Crippen molar-refractivity contribution in [3.05, 3.63) is 70.2 Å². The molecule has 0 N–H and O–H groups in total. The van der Waals surface area contributed by atoms with Crippen LogP contribution >= 0.6 is 11.6 Å². The summed E-state index contributed by atoms with van der Waals surface area (Å²) in [5.74, 6) is -1.56. The van der Waals surface area contributed by atoms with Gasteiger partial charge in [0.25, 0.3) is 0 Å². The maximum absolute atomic E-state index is 12.0. The summed E-state index contributed by atoms with van der Waals surface area (Å²) in [4.78, 5) is 35.2. The van der Waals surface area contributed by atoms with Gasteiger partial charge in [-0.25, -0.2) is 9.59 Å². The van der Waals surface area contributed by atoms with E-state index in [1.54, 1.807) is 24.3 Å². The minimum absolute atomic E-state index is 0.226. The second-order valence-corrected chi connectivity index (χ2v) is 4.96. The molecule has 0 aliphatic heterocycles. The predicted molar refractivity (Wildman–Crippen MR) is 83.8 cm³/mol. The van der Waals surface area contributed by atoms with Crippen molar-refractivity contribution in [2.75, 3.05) is 13.7 Å². The molecule has 0 unspecified atom stereocenters. The Kier molecular flexibility index (Phi) is 5.49. The van der Waals surface area contributed by atoms with E-state index in [1.807, 2.05) is 0 Å². The first kappa shape index (κ1) is 16.7. The van der Waals surface area contributed by atoms with Crippen molar-refractivity contribution in [2.24, 2.45) is 0 Å². The molecule has 0 bridgehead atoms. The van der Waals surface area contributed by atoms with Crippen molar-refractivity contribution in [2.45, 2.75) is 0 Å². The second kappa shape index (κ2) is 7.56. The van der Waals surface area contributed by atoms with Gasteiger partial charge in [0, 0.05) is 5.56 Å². The number of rotatable bonds is 5. The van der Waals surface area contributed by atoms with Crippen LogP contribution in [0, 0.1) is 0 Å². The van der Waals surface area contributed by atoms with Gasteiger partial charge >= 0.3 is 11.9 Å². The lowest BCUT2D eigenvalue weighted by atomic mass is 10.1. The number of hydrogen-bond donors (Lipinski definition) is 0. The predicted octanol–water partition coefficient (Wildman–Crippen LogP) is 3.17. The van der Waals surface area contributed by atoms with E-state index in [0.717, 1.165) is 0 Å². The number of carbonyl (C=O) groups is 3.